The number of aromatic nitrogens is 2. The lowest BCUT2D eigenvalue weighted by molar-refractivity contribution is 0.253. The second kappa shape index (κ2) is 4.89. The number of aryl methyl sites for hydroxylation is 1. The predicted octanol–water partition coefficient (Wildman–Crippen LogP) is 3.23. The van der Waals surface area contributed by atoms with E-state index >= 15 is 0 Å². The van der Waals surface area contributed by atoms with Crippen LogP contribution in [0.4, 0.5) is 5.82 Å². The van der Waals surface area contributed by atoms with Gasteiger partial charge in [0.2, 0.25) is 5.28 Å². The molecule has 2 aromatic heterocycles. The van der Waals surface area contributed by atoms with Crippen molar-refractivity contribution < 1.29 is 5.11 Å². The monoisotopic (exact) mass is 297 g/mol. The summed E-state index contributed by atoms with van der Waals surface area (Å²) < 4.78 is 0. The van der Waals surface area contributed by atoms with Crippen molar-refractivity contribution in [3.63, 3.8) is 0 Å². The highest BCUT2D eigenvalue weighted by Gasteiger charge is 2.41. The lowest BCUT2D eigenvalue weighted by Gasteiger charge is -2.15. The van der Waals surface area contributed by atoms with Gasteiger partial charge in [0.05, 0.1) is 5.39 Å². The molecule has 6 heteroatoms. The maximum atomic E-state index is 9.09. The third kappa shape index (κ3) is 2.68. The molecule has 0 radical (unpaired) electrons. The molecule has 0 spiro atoms. The van der Waals surface area contributed by atoms with E-state index in [9.17, 15) is 0 Å². The molecule has 0 aromatic carbocycles. The van der Waals surface area contributed by atoms with Gasteiger partial charge in [0.15, 0.2) is 0 Å². The average Bonchev–Trinajstić information content (AvgIpc) is 3.01. The summed E-state index contributed by atoms with van der Waals surface area (Å²) in [6, 6.07) is 2.09. The van der Waals surface area contributed by atoms with Crippen molar-refractivity contribution in [3.8, 4) is 0 Å². The summed E-state index contributed by atoms with van der Waals surface area (Å²) in [6.45, 7) is 3.14. The molecule has 2 N–H and O–H groups in total. The Hall–Kier alpha value is -0.910. The Morgan fingerprint density at radius 1 is 1.47 bits per heavy atom. The summed E-state index contributed by atoms with van der Waals surface area (Å²) in [5, 5.41) is 13.8. The number of nitrogens with one attached hydrogen (secondary N) is 1. The summed E-state index contributed by atoms with van der Waals surface area (Å²) in [4.78, 5) is 10.7. The Morgan fingerprint density at radius 2 is 2.26 bits per heavy atom. The molecule has 2 heterocycles. The maximum absolute atomic E-state index is 9.09. The normalized spacial score (nSPS) is 16.8. The topological polar surface area (TPSA) is 58.0 Å². The first-order chi connectivity index (χ1) is 9.12. The molecular weight excluding hydrogens is 282 g/mol. The predicted molar refractivity (Wildman–Crippen MR) is 79.0 cm³/mol. The molecule has 1 fully saturated rings. The van der Waals surface area contributed by atoms with Crippen LogP contribution >= 0.6 is 22.9 Å². The van der Waals surface area contributed by atoms with E-state index in [2.05, 4.69) is 28.3 Å². The minimum absolute atomic E-state index is 0.249. The van der Waals surface area contributed by atoms with Gasteiger partial charge >= 0.3 is 0 Å². The Balaban J connectivity index is 1.84. The van der Waals surface area contributed by atoms with Gasteiger partial charge in [-0.3, -0.25) is 0 Å². The zero-order chi connectivity index (χ0) is 13.5. The molecular formula is C13H16ClN3OS. The van der Waals surface area contributed by atoms with Crippen molar-refractivity contribution in [1.29, 1.82) is 0 Å². The molecule has 19 heavy (non-hydrogen) atoms. The van der Waals surface area contributed by atoms with Crippen molar-refractivity contribution in [2.24, 2.45) is 5.41 Å². The fourth-order valence-electron chi connectivity index (χ4n) is 2.35. The van der Waals surface area contributed by atoms with Crippen molar-refractivity contribution in [2.75, 3.05) is 18.5 Å². The number of aliphatic hydroxyl groups is 1. The van der Waals surface area contributed by atoms with Gasteiger partial charge in [-0.05, 0) is 49.3 Å². The first-order valence-corrected chi connectivity index (χ1v) is 7.60. The third-order valence-electron chi connectivity index (χ3n) is 3.72. The van der Waals surface area contributed by atoms with E-state index in [1.165, 1.54) is 17.7 Å². The van der Waals surface area contributed by atoms with Gasteiger partial charge in [0.1, 0.15) is 10.6 Å². The largest absolute Gasteiger partial charge is 0.396 e. The molecule has 0 aliphatic heterocycles. The number of nitrogens with zero attached hydrogens (tertiary/aromatic N) is 2. The van der Waals surface area contributed by atoms with Gasteiger partial charge in [-0.25, -0.2) is 9.97 Å². The third-order valence-corrected chi connectivity index (χ3v) is 4.83. The number of anilines is 1. The van der Waals surface area contributed by atoms with Gasteiger partial charge in [-0.2, -0.15) is 0 Å². The smallest absolute Gasteiger partial charge is 0.225 e. The molecule has 1 aliphatic rings. The van der Waals surface area contributed by atoms with E-state index in [1.807, 2.05) is 0 Å². The number of rotatable bonds is 5. The molecule has 0 bridgehead atoms. The van der Waals surface area contributed by atoms with Crippen LogP contribution in [0.5, 0.6) is 0 Å². The molecule has 1 aliphatic carbocycles. The number of thiophene rings is 1. The molecule has 102 valence electrons. The lowest BCUT2D eigenvalue weighted by Crippen LogP contribution is -2.17. The van der Waals surface area contributed by atoms with Crippen molar-refractivity contribution in [1.82, 2.24) is 9.97 Å². The Morgan fingerprint density at radius 3 is 2.95 bits per heavy atom. The van der Waals surface area contributed by atoms with Crippen molar-refractivity contribution in [3.05, 3.63) is 16.2 Å². The SMILES string of the molecule is Cc1cc2c(NCC3(CCO)CC3)nc(Cl)nc2s1. The quantitative estimate of drug-likeness (QED) is 0.832. The second-order valence-corrected chi connectivity index (χ2v) is 6.82. The lowest BCUT2D eigenvalue weighted by atomic mass is 10.0. The van der Waals surface area contributed by atoms with Crippen LogP contribution in [0, 0.1) is 12.3 Å². The number of halogens is 1. The highest BCUT2D eigenvalue weighted by atomic mass is 35.5. The van der Waals surface area contributed by atoms with Gasteiger partial charge < -0.3 is 10.4 Å². The Labute approximate surface area is 120 Å². The highest BCUT2D eigenvalue weighted by Crippen LogP contribution is 2.48. The summed E-state index contributed by atoms with van der Waals surface area (Å²) in [5.74, 6) is 0.809. The Kier molecular flexibility index (Phi) is 3.37. The second-order valence-electron chi connectivity index (χ2n) is 5.24. The number of aliphatic hydroxyl groups excluding tert-OH is 1. The number of fused-ring (bicyclic) bond motifs is 1. The molecule has 0 unspecified atom stereocenters. The molecule has 3 rings (SSSR count). The van der Waals surface area contributed by atoms with E-state index < -0.39 is 0 Å². The zero-order valence-corrected chi connectivity index (χ0v) is 12.3. The van der Waals surface area contributed by atoms with Crippen LogP contribution in [0.25, 0.3) is 10.2 Å². The van der Waals surface area contributed by atoms with Crippen LogP contribution in [0.1, 0.15) is 24.1 Å². The minimum atomic E-state index is 0.249. The van der Waals surface area contributed by atoms with E-state index in [0.29, 0.717) is 0 Å². The summed E-state index contributed by atoms with van der Waals surface area (Å²) in [6.07, 6.45) is 3.20. The zero-order valence-electron chi connectivity index (χ0n) is 10.7. The molecule has 2 aromatic rings. The van der Waals surface area contributed by atoms with Crippen LogP contribution < -0.4 is 5.32 Å². The van der Waals surface area contributed by atoms with Crippen LogP contribution in [-0.4, -0.2) is 28.2 Å². The number of hydrogen-bond donors (Lipinski definition) is 2. The van der Waals surface area contributed by atoms with Crippen LogP contribution in [0.2, 0.25) is 5.28 Å². The maximum Gasteiger partial charge on any atom is 0.225 e. The molecule has 0 atom stereocenters. The van der Waals surface area contributed by atoms with Crippen molar-refractivity contribution >= 4 is 39.0 Å². The summed E-state index contributed by atoms with van der Waals surface area (Å²) >= 11 is 7.59. The Bertz CT molecular complexity index is 609. The van der Waals surface area contributed by atoms with Crippen LogP contribution in [-0.2, 0) is 0 Å². The van der Waals surface area contributed by atoms with Gasteiger partial charge in [-0.1, -0.05) is 0 Å². The standard InChI is InChI=1S/C13H16ClN3OS/c1-8-6-9-10(16-12(14)17-11(9)19-8)15-7-13(2-3-13)4-5-18/h6,18H,2-5,7H2,1H3,(H,15,16,17). The molecule has 0 saturated heterocycles. The van der Waals surface area contributed by atoms with E-state index in [-0.39, 0.29) is 17.3 Å². The summed E-state index contributed by atoms with van der Waals surface area (Å²) in [7, 11) is 0. The number of hydrogen-bond acceptors (Lipinski definition) is 5. The summed E-state index contributed by atoms with van der Waals surface area (Å²) in [5.41, 5.74) is 0.254. The van der Waals surface area contributed by atoms with E-state index in [1.54, 1.807) is 11.3 Å². The molecule has 0 amide bonds. The van der Waals surface area contributed by atoms with Crippen LogP contribution in [0.3, 0.4) is 0 Å². The first kappa shape index (κ1) is 13.1. The van der Waals surface area contributed by atoms with Gasteiger partial charge in [0, 0.05) is 18.0 Å². The van der Waals surface area contributed by atoms with Crippen LogP contribution in [0.15, 0.2) is 6.07 Å². The fraction of sp³-hybridized carbons (Fsp3) is 0.538. The van der Waals surface area contributed by atoms with Gasteiger partial charge in [-0.15, -0.1) is 11.3 Å². The van der Waals surface area contributed by atoms with E-state index in [4.69, 9.17) is 16.7 Å². The minimum Gasteiger partial charge on any atom is -0.396 e. The highest BCUT2D eigenvalue weighted by molar-refractivity contribution is 7.18. The molecule has 4 nitrogen and oxygen atoms in total. The van der Waals surface area contributed by atoms with Crippen molar-refractivity contribution in [2.45, 2.75) is 26.2 Å². The molecule has 1 saturated carbocycles. The van der Waals surface area contributed by atoms with E-state index in [0.717, 1.165) is 29.0 Å². The van der Waals surface area contributed by atoms with Gasteiger partial charge in [0.25, 0.3) is 0 Å². The first-order valence-electron chi connectivity index (χ1n) is 6.40. The fourth-order valence-corrected chi connectivity index (χ4v) is 3.45. The average molecular weight is 298 g/mol.